The van der Waals surface area contributed by atoms with Crippen molar-refractivity contribution < 1.29 is 18.0 Å². The van der Waals surface area contributed by atoms with E-state index in [1.807, 2.05) is 0 Å². The van der Waals surface area contributed by atoms with Gasteiger partial charge in [0.15, 0.2) is 9.84 Å². The molecule has 0 spiro atoms. The Balaban J connectivity index is 2.82. The first-order valence-electron chi connectivity index (χ1n) is 5.89. The maximum atomic E-state index is 11.8. The van der Waals surface area contributed by atoms with Gasteiger partial charge >= 0.3 is 0 Å². The van der Waals surface area contributed by atoms with Gasteiger partial charge in [-0.25, -0.2) is 8.42 Å². The fourth-order valence-corrected chi connectivity index (χ4v) is 2.67. The standard InChI is InChI=1S/C11H20N2O4S/c1-8(2)18(16,17)6-5-13-9(14)7-12-10(15)11(13,3)4/h8H,5-7H2,1-4H3,(H,12,15). The first kappa shape index (κ1) is 14.9. The van der Waals surface area contributed by atoms with Gasteiger partial charge in [-0.05, 0) is 27.7 Å². The van der Waals surface area contributed by atoms with E-state index >= 15 is 0 Å². The van der Waals surface area contributed by atoms with E-state index < -0.39 is 20.6 Å². The number of hydrogen-bond donors (Lipinski definition) is 1. The molecule has 0 aliphatic carbocycles. The Morgan fingerprint density at radius 3 is 2.39 bits per heavy atom. The van der Waals surface area contributed by atoms with E-state index in [1.54, 1.807) is 27.7 Å². The van der Waals surface area contributed by atoms with Crippen molar-refractivity contribution in [2.45, 2.75) is 38.5 Å². The van der Waals surface area contributed by atoms with E-state index in [1.165, 1.54) is 4.90 Å². The van der Waals surface area contributed by atoms with Crippen molar-refractivity contribution in [3.05, 3.63) is 0 Å². The zero-order valence-corrected chi connectivity index (χ0v) is 12.0. The highest BCUT2D eigenvalue weighted by Gasteiger charge is 2.41. The summed E-state index contributed by atoms with van der Waals surface area (Å²) < 4.78 is 23.5. The molecule has 1 aliphatic rings. The van der Waals surface area contributed by atoms with Crippen molar-refractivity contribution in [3.8, 4) is 0 Å². The molecule has 7 heteroatoms. The van der Waals surface area contributed by atoms with E-state index in [0.717, 1.165) is 0 Å². The Kier molecular flexibility index (Phi) is 4.05. The van der Waals surface area contributed by atoms with Gasteiger partial charge in [0.1, 0.15) is 5.54 Å². The average molecular weight is 276 g/mol. The number of piperazine rings is 1. The Hall–Kier alpha value is -1.11. The lowest BCUT2D eigenvalue weighted by atomic mass is 9.99. The van der Waals surface area contributed by atoms with Gasteiger partial charge in [0, 0.05) is 6.54 Å². The quantitative estimate of drug-likeness (QED) is 0.753. The second-order valence-corrected chi connectivity index (χ2v) is 7.88. The largest absolute Gasteiger partial charge is 0.345 e. The maximum Gasteiger partial charge on any atom is 0.245 e. The summed E-state index contributed by atoms with van der Waals surface area (Å²) in [6, 6.07) is 0. The molecule has 104 valence electrons. The van der Waals surface area contributed by atoms with Gasteiger partial charge in [0.2, 0.25) is 11.8 Å². The molecular weight excluding hydrogens is 256 g/mol. The third-order valence-corrected chi connectivity index (χ3v) is 5.44. The number of carbonyl (C=O) groups is 2. The highest BCUT2D eigenvalue weighted by molar-refractivity contribution is 7.92. The van der Waals surface area contributed by atoms with E-state index in [4.69, 9.17) is 0 Å². The highest BCUT2D eigenvalue weighted by Crippen LogP contribution is 2.18. The molecule has 6 nitrogen and oxygen atoms in total. The van der Waals surface area contributed by atoms with Crippen LogP contribution in [0.2, 0.25) is 0 Å². The molecule has 1 aliphatic heterocycles. The minimum absolute atomic E-state index is 0.0553. The molecule has 1 N–H and O–H groups in total. The number of sulfone groups is 1. The first-order valence-corrected chi connectivity index (χ1v) is 7.61. The van der Waals surface area contributed by atoms with E-state index in [0.29, 0.717) is 0 Å². The summed E-state index contributed by atoms with van der Waals surface area (Å²) in [5.41, 5.74) is -0.998. The molecular formula is C11H20N2O4S. The van der Waals surface area contributed by atoms with Crippen LogP contribution in [-0.2, 0) is 19.4 Å². The zero-order valence-electron chi connectivity index (χ0n) is 11.2. The van der Waals surface area contributed by atoms with Crippen molar-refractivity contribution in [2.75, 3.05) is 18.8 Å². The van der Waals surface area contributed by atoms with Crippen LogP contribution in [0.15, 0.2) is 0 Å². The molecule has 1 heterocycles. The molecule has 1 rings (SSSR count). The molecule has 0 saturated carbocycles. The number of hydrogen-bond acceptors (Lipinski definition) is 4. The Bertz CT molecular complexity index is 454. The fourth-order valence-electron chi connectivity index (χ4n) is 1.76. The summed E-state index contributed by atoms with van der Waals surface area (Å²) in [6.45, 7) is 6.42. The lowest BCUT2D eigenvalue weighted by Gasteiger charge is -2.41. The van der Waals surface area contributed by atoms with E-state index in [2.05, 4.69) is 5.32 Å². The van der Waals surface area contributed by atoms with Crippen LogP contribution in [0.1, 0.15) is 27.7 Å². The Labute approximate surface area is 108 Å². The molecule has 0 unspecified atom stereocenters. The predicted octanol–water partition coefficient (Wildman–Crippen LogP) is -0.453. The molecule has 0 bridgehead atoms. The number of carbonyl (C=O) groups excluding carboxylic acids is 2. The van der Waals surface area contributed by atoms with Crippen LogP contribution < -0.4 is 5.32 Å². The maximum absolute atomic E-state index is 11.8. The van der Waals surface area contributed by atoms with Gasteiger partial charge in [0.25, 0.3) is 0 Å². The van der Waals surface area contributed by atoms with Crippen molar-refractivity contribution in [1.29, 1.82) is 0 Å². The van der Waals surface area contributed by atoms with Gasteiger partial charge in [-0.2, -0.15) is 0 Å². The molecule has 0 aromatic carbocycles. The number of nitrogens with one attached hydrogen (secondary N) is 1. The smallest absolute Gasteiger partial charge is 0.245 e. The molecule has 1 saturated heterocycles. The number of nitrogens with zero attached hydrogens (tertiary/aromatic N) is 1. The van der Waals surface area contributed by atoms with Crippen molar-refractivity contribution in [3.63, 3.8) is 0 Å². The van der Waals surface area contributed by atoms with Gasteiger partial charge in [0.05, 0.1) is 17.5 Å². The molecule has 0 aromatic heterocycles. The topological polar surface area (TPSA) is 83.6 Å². The van der Waals surface area contributed by atoms with Crippen molar-refractivity contribution >= 4 is 21.7 Å². The normalized spacial score (nSPS) is 20.2. The van der Waals surface area contributed by atoms with Crippen molar-refractivity contribution in [2.24, 2.45) is 0 Å². The summed E-state index contributed by atoms with van der Waals surface area (Å²) in [6.07, 6.45) is 0. The average Bonchev–Trinajstić information content (AvgIpc) is 2.23. The first-order chi connectivity index (χ1) is 8.09. The van der Waals surface area contributed by atoms with Gasteiger partial charge in [-0.15, -0.1) is 0 Å². The molecule has 0 aromatic rings. The third-order valence-electron chi connectivity index (χ3n) is 3.25. The highest BCUT2D eigenvalue weighted by atomic mass is 32.2. The molecule has 18 heavy (non-hydrogen) atoms. The molecule has 0 atom stereocenters. The summed E-state index contributed by atoms with van der Waals surface area (Å²) in [5, 5.41) is 2.01. The van der Waals surface area contributed by atoms with Gasteiger partial charge < -0.3 is 10.2 Å². The lowest BCUT2D eigenvalue weighted by molar-refractivity contribution is -0.150. The molecule has 1 fully saturated rings. The minimum Gasteiger partial charge on any atom is -0.345 e. The van der Waals surface area contributed by atoms with Crippen LogP contribution in [-0.4, -0.2) is 54.8 Å². The number of rotatable bonds is 4. The minimum atomic E-state index is -3.21. The Morgan fingerprint density at radius 1 is 1.33 bits per heavy atom. The van der Waals surface area contributed by atoms with Crippen LogP contribution in [0.3, 0.4) is 0 Å². The lowest BCUT2D eigenvalue weighted by Crippen LogP contribution is -2.65. The Morgan fingerprint density at radius 2 is 1.89 bits per heavy atom. The van der Waals surface area contributed by atoms with Gasteiger partial charge in [-0.3, -0.25) is 9.59 Å². The molecule has 2 amide bonds. The summed E-state index contributed by atoms with van der Waals surface area (Å²) in [5.74, 6) is -0.629. The van der Waals surface area contributed by atoms with Gasteiger partial charge in [-0.1, -0.05) is 0 Å². The predicted molar refractivity (Wildman–Crippen MR) is 67.7 cm³/mol. The summed E-state index contributed by atoms with van der Waals surface area (Å²) in [7, 11) is -3.21. The van der Waals surface area contributed by atoms with Crippen LogP contribution >= 0.6 is 0 Å². The van der Waals surface area contributed by atoms with Crippen LogP contribution in [0.4, 0.5) is 0 Å². The SMILES string of the molecule is CC(C)S(=O)(=O)CCN1C(=O)CNC(=O)C1(C)C. The van der Waals surface area contributed by atoms with Crippen LogP contribution in [0.25, 0.3) is 0 Å². The molecule has 0 radical (unpaired) electrons. The second-order valence-electron chi connectivity index (χ2n) is 5.20. The summed E-state index contributed by atoms with van der Waals surface area (Å²) in [4.78, 5) is 24.8. The van der Waals surface area contributed by atoms with E-state index in [9.17, 15) is 18.0 Å². The monoisotopic (exact) mass is 276 g/mol. The van der Waals surface area contributed by atoms with E-state index in [-0.39, 0.29) is 30.7 Å². The number of amides is 2. The second kappa shape index (κ2) is 4.87. The zero-order chi connectivity index (χ0) is 14.1. The fraction of sp³-hybridized carbons (Fsp3) is 0.818. The summed E-state index contributed by atoms with van der Waals surface area (Å²) >= 11 is 0. The van der Waals surface area contributed by atoms with Crippen LogP contribution in [0.5, 0.6) is 0 Å². The third kappa shape index (κ3) is 2.82. The van der Waals surface area contributed by atoms with Crippen molar-refractivity contribution in [1.82, 2.24) is 10.2 Å². The van der Waals surface area contributed by atoms with Crippen LogP contribution in [0, 0.1) is 0 Å².